The molecule has 0 fully saturated rings. The Kier molecular flexibility index (Phi) is 2.25. The van der Waals surface area contributed by atoms with Crippen LogP contribution in [0.2, 0.25) is 5.02 Å². The standard InChI is InChI=1S/C7HClF3N/c8-6-5(10)1-4(9)3(2-12)7(6)11/h1H. The molecule has 0 saturated carbocycles. The van der Waals surface area contributed by atoms with E-state index in [0.29, 0.717) is 6.07 Å². The molecule has 5 heteroatoms. The van der Waals surface area contributed by atoms with E-state index in [4.69, 9.17) is 16.9 Å². The lowest BCUT2D eigenvalue weighted by molar-refractivity contribution is 0.539. The van der Waals surface area contributed by atoms with Crippen LogP contribution in [0.1, 0.15) is 5.56 Å². The van der Waals surface area contributed by atoms with Crippen LogP contribution >= 0.6 is 11.6 Å². The average molecular weight is 192 g/mol. The van der Waals surface area contributed by atoms with Gasteiger partial charge in [0.1, 0.15) is 28.3 Å². The van der Waals surface area contributed by atoms with Crippen molar-refractivity contribution in [2.45, 2.75) is 0 Å². The summed E-state index contributed by atoms with van der Waals surface area (Å²) >= 11 is 5.07. The summed E-state index contributed by atoms with van der Waals surface area (Å²) in [4.78, 5) is 0. The normalized spacial score (nSPS) is 9.58. The van der Waals surface area contributed by atoms with Gasteiger partial charge in [-0.25, -0.2) is 13.2 Å². The van der Waals surface area contributed by atoms with Crippen molar-refractivity contribution in [1.29, 1.82) is 5.26 Å². The van der Waals surface area contributed by atoms with Crippen LogP contribution < -0.4 is 0 Å². The molecule has 0 spiro atoms. The minimum atomic E-state index is -1.36. The van der Waals surface area contributed by atoms with Crippen LogP contribution in [0.25, 0.3) is 0 Å². The van der Waals surface area contributed by atoms with Crippen LogP contribution in [0.3, 0.4) is 0 Å². The minimum absolute atomic E-state index is 0.365. The lowest BCUT2D eigenvalue weighted by Crippen LogP contribution is -1.94. The van der Waals surface area contributed by atoms with E-state index in [1.165, 1.54) is 6.07 Å². The first-order chi connectivity index (χ1) is 5.57. The number of rotatable bonds is 0. The Balaban J connectivity index is 3.54. The third-order valence-electron chi connectivity index (χ3n) is 1.23. The summed E-state index contributed by atoms with van der Waals surface area (Å²) in [6, 6.07) is 1.60. The van der Waals surface area contributed by atoms with Crippen LogP contribution in [0.5, 0.6) is 0 Å². The predicted molar refractivity (Wildman–Crippen MR) is 36.0 cm³/mol. The molecule has 0 amide bonds. The summed E-state index contributed by atoms with van der Waals surface area (Å²) in [6.45, 7) is 0. The van der Waals surface area contributed by atoms with Gasteiger partial charge in [0.15, 0.2) is 5.82 Å². The van der Waals surface area contributed by atoms with Gasteiger partial charge in [0, 0.05) is 6.07 Å². The van der Waals surface area contributed by atoms with Crippen LogP contribution in [0.4, 0.5) is 13.2 Å². The summed E-state index contributed by atoms with van der Waals surface area (Å²) in [5.41, 5.74) is -0.874. The molecule has 0 bridgehead atoms. The van der Waals surface area contributed by atoms with Gasteiger partial charge in [-0.3, -0.25) is 0 Å². The Morgan fingerprint density at radius 3 is 2.33 bits per heavy atom. The van der Waals surface area contributed by atoms with Gasteiger partial charge >= 0.3 is 0 Å². The first-order valence-corrected chi connectivity index (χ1v) is 3.18. The highest BCUT2D eigenvalue weighted by molar-refractivity contribution is 6.31. The maximum absolute atomic E-state index is 12.7. The molecule has 0 unspecified atom stereocenters. The Hall–Kier alpha value is -1.21. The topological polar surface area (TPSA) is 23.8 Å². The number of halogens is 4. The summed E-state index contributed by atoms with van der Waals surface area (Å²) in [5, 5.41) is 7.34. The van der Waals surface area contributed by atoms with E-state index < -0.39 is 28.0 Å². The Morgan fingerprint density at radius 2 is 1.83 bits per heavy atom. The maximum atomic E-state index is 12.7. The molecule has 1 aromatic carbocycles. The van der Waals surface area contributed by atoms with E-state index in [2.05, 4.69) is 0 Å². The van der Waals surface area contributed by atoms with Gasteiger partial charge in [-0.2, -0.15) is 5.26 Å². The molecule has 62 valence electrons. The minimum Gasteiger partial charge on any atom is -0.205 e. The summed E-state index contributed by atoms with van der Waals surface area (Å²) in [7, 11) is 0. The third-order valence-corrected chi connectivity index (χ3v) is 1.57. The molecule has 0 radical (unpaired) electrons. The largest absolute Gasteiger partial charge is 0.205 e. The molecule has 0 atom stereocenters. The highest BCUT2D eigenvalue weighted by Crippen LogP contribution is 2.23. The van der Waals surface area contributed by atoms with Crippen molar-refractivity contribution in [3.05, 3.63) is 34.1 Å². The third kappa shape index (κ3) is 1.23. The van der Waals surface area contributed by atoms with Gasteiger partial charge in [0.25, 0.3) is 0 Å². The molecule has 0 aliphatic carbocycles. The van der Waals surface area contributed by atoms with Gasteiger partial charge in [-0.15, -0.1) is 0 Å². The number of benzene rings is 1. The quantitative estimate of drug-likeness (QED) is 0.457. The molecular formula is C7HClF3N. The molecular weight excluding hydrogens is 191 g/mol. The van der Waals surface area contributed by atoms with Crippen LogP contribution in [0.15, 0.2) is 6.07 Å². The molecule has 0 aromatic heterocycles. The zero-order valence-corrected chi connectivity index (χ0v) is 6.29. The molecule has 0 N–H and O–H groups in total. The fourth-order valence-electron chi connectivity index (χ4n) is 0.669. The number of hydrogen-bond donors (Lipinski definition) is 0. The van der Waals surface area contributed by atoms with E-state index >= 15 is 0 Å². The maximum Gasteiger partial charge on any atom is 0.165 e. The second-order valence-corrected chi connectivity index (χ2v) is 2.33. The van der Waals surface area contributed by atoms with E-state index in [1.807, 2.05) is 0 Å². The lowest BCUT2D eigenvalue weighted by Gasteiger charge is -1.98. The number of nitriles is 1. The van der Waals surface area contributed by atoms with Crippen molar-refractivity contribution >= 4 is 11.6 Å². The first kappa shape index (κ1) is 8.88. The zero-order chi connectivity index (χ0) is 9.30. The van der Waals surface area contributed by atoms with E-state index in [1.54, 1.807) is 0 Å². The van der Waals surface area contributed by atoms with Crippen molar-refractivity contribution < 1.29 is 13.2 Å². The van der Waals surface area contributed by atoms with Gasteiger partial charge in [-0.1, -0.05) is 11.6 Å². The molecule has 0 aliphatic heterocycles. The molecule has 1 rings (SSSR count). The van der Waals surface area contributed by atoms with E-state index in [0.717, 1.165) is 0 Å². The van der Waals surface area contributed by atoms with Crippen molar-refractivity contribution in [3.8, 4) is 6.07 Å². The predicted octanol–water partition coefficient (Wildman–Crippen LogP) is 2.63. The highest BCUT2D eigenvalue weighted by atomic mass is 35.5. The number of nitrogens with zero attached hydrogens (tertiary/aromatic N) is 1. The molecule has 0 heterocycles. The van der Waals surface area contributed by atoms with Crippen molar-refractivity contribution in [2.24, 2.45) is 0 Å². The van der Waals surface area contributed by atoms with Crippen LogP contribution in [-0.4, -0.2) is 0 Å². The monoisotopic (exact) mass is 191 g/mol. The zero-order valence-electron chi connectivity index (χ0n) is 5.54. The van der Waals surface area contributed by atoms with E-state index in [-0.39, 0.29) is 0 Å². The van der Waals surface area contributed by atoms with Gasteiger partial charge in [0.2, 0.25) is 0 Å². The fraction of sp³-hybridized carbons (Fsp3) is 0. The van der Waals surface area contributed by atoms with Crippen molar-refractivity contribution in [2.75, 3.05) is 0 Å². The SMILES string of the molecule is N#Cc1c(F)cc(F)c(Cl)c1F. The molecule has 12 heavy (non-hydrogen) atoms. The molecule has 1 aromatic rings. The van der Waals surface area contributed by atoms with Gasteiger partial charge in [-0.05, 0) is 0 Å². The first-order valence-electron chi connectivity index (χ1n) is 2.81. The molecule has 1 nitrogen and oxygen atoms in total. The summed E-state index contributed by atoms with van der Waals surface area (Å²) in [5.74, 6) is -3.83. The van der Waals surface area contributed by atoms with E-state index in [9.17, 15) is 13.2 Å². The molecule has 0 saturated heterocycles. The smallest absolute Gasteiger partial charge is 0.165 e. The van der Waals surface area contributed by atoms with Crippen LogP contribution in [-0.2, 0) is 0 Å². The second kappa shape index (κ2) is 3.03. The fourth-order valence-corrected chi connectivity index (χ4v) is 0.818. The Morgan fingerprint density at radius 1 is 1.25 bits per heavy atom. The highest BCUT2D eigenvalue weighted by Gasteiger charge is 2.16. The van der Waals surface area contributed by atoms with Crippen molar-refractivity contribution in [3.63, 3.8) is 0 Å². The summed E-state index contributed by atoms with van der Waals surface area (Å²) in [6.07, 6.45) is 0. The van der Waals surface area contributed by atoms with Crippen LogP contribution in [0, 0.1) is 28.8 Å². The molecule has 0 aliphatic rings. The number of hydrogen-bond acceptors (Lipinski definition) is 1. The van der Waals surface area contributed by atoms with Gasteiger partial charge in [0.05, 0.1) is 0 Å². The average Bonchev–Trinajstić information content (AvgIpc) is 2.01. The lowest BCUT2D eigenvalue weighted by atomic mass is 10.2. The summed E-state index contributed by atoms with van der Waals surface area (Å²) < 4.78 is 37.7. The van der Waals surface area contributed by atoms with Crippen molar-refractivity contribution in [1.82, 2.24) is 0 Å². The second-order valence-electron chi connectivity index (χ2n) is 1.95. The Bertz CT molecular complexity index is 370. The van der Waals surface area contributed by atoms with Gasteiger partial charge < -0.3 is 0 Å². The Labute approximate surface area is 71.0 Å².